The Hall–Kier alpha value is -1.28. The molecule has 1 aromatic rings. The molecular formula is C11H14O2. The van der Waals surface area contributed by atoms with E-state index in [2.05, 4.69) is 6.58 Å². The number of aliphatic hydroxyl groups excluding tert-OH is 1. The van der Waals surface area contributed by atoms with Crippen molar-refractivity contribution in [1.82, 2.24) is 0 Å². The highest BCUT2D eigenvalue weighted by molar-refractivity contribution is 5.20. The number of aliphatic hydroxyl groups is 1. The minimum atomic E-state index is -0.469. The maximum absolute atomic E-state index is 9.14. The van der Waals surface area contributed by atoms with Gasteiger partial charge in [0.05, 0.1) is 12.7 Å². The van der Waals surface area contributed by atoms with Crippen molar-refractivity contribution in [2.75, 3.05) is 6.61 Å². The summed E-state index contributed by atoms with van der Waals surface area (Å²) < 4.78 is 5.37. The van der Waals surface area contributed by atoms with E-state index >= 15 is 0 Å². The Morgan fingerprint density at radius 2 is 2.08 bits per heavy atom. The van der Waals surface area contributed by atoms with Crippen LogP contribution < -0.4 is 4.74 Å². The number of ether oxygens (including phenoxy) is 1. The van der Waals surface area contributed by atoms with Crippen LogP contribution in [-0.2, 0) is 0 Å². The van der Waals surface area contributed by atoms with Crippen LogP contribution in [0.3, 0.4) is 0 Å². The third-order valence-corrected chi connectivity index (χ3v) is 1.70. The van der Waals surface area contributed by atoms with E-state index in [1.807, 2.05) is 30.3 Å². The molecule has 0 amide bonds. The fourth-order valence-electron chi connectivity index (χ4n) is 0.932. The van der Waals surface area contributed by atoms with Gasteiger partial charge in [-0.15, -0.1) is 6.58 Å². The van der Waals surface area contributed by atoms with E-state index in [0.717, 1.165) is 5.75 Å². The Labute approximate surface area is 78.5 Å². The normalized spacial score (nSPS) is 12.1. The Morgan fingerprint density at radius 3 is 2.69 bits per heavy atom. The molecule has 0 bridgehead atoms. The molecule has 0 radical (unpaired) electrons. The lowest BCUT2D eigenvalue weighted by molar-refractivity contribution is 0.178. The predicted molar refractivity (Wildman–Crippen MR) is 52.8 cm³/mol. The van der Waals surface area contributed by atoms with E-state index in [1.165, 1.54) is 6.08 Å². The number of rotatable bonds is 5. The first-order valence-electron chi connectivity index (χ1n) is 4.31. The van der Waals surface area contributed by atoms with Crippen LogP contribution in [0.25, 0.3) is 0 Å². The van der Waals surface area contributed by atoms with Crippen molar-refractivity contribution < 1.29 is 9.84 Å². The monoisotopic (exact) mass is 178 g/mol. The molecule has 1 aromatic carbocycles. The second-order valence-electron chi connectivity index (χ2n) is 2.75. The number of hydrogen-bond acceptors (Lipinski definition) is 2. The fraction of sp³-hybridized carbons (Fsp3) is 0.273. The van der Waals surface area contributed by atoms with Gasteiger partial charge in [0.25, 0.3) is 0 Å². The van der Waals surface area contributed by atoms with Crippen molar-refractivity contribution in [3.8, 4) is 5.75 Å². The minimum Gasteiger partial charge on any atom is -0.493 e. The lowest BCUT2D eigenvalue weighted by atomic mass is 10.3. The van der Waals surface area contributed by atoms with Gasteiger partial charge in [-0.3, -0.25) is 0 Å². The number of benzene rings is 1. The van der Waals surface area contributed by atoms with Crippen LogP contribution in [0, 0.1) is 0 Å². The number of para-hydroxylation sites is 1. The van der Waals surface area contributed by atoms with Gasteiger partial charge in [0.2, 0.25) is 0 Å². The third-order valence-electron chi connectivity index (χ3n) is 1.70. The molecule has 0 aliphatic heterocycles. The minimum absolute atomic E-state index is 0.469. The highest BCUT2D eigenvalue weighted by Crippen LogP contribution is 2.08. The molecule has 1 unspecified atom stereocenters. The average Bonchev–Trinajstić information content (AvgIpc) is 2.19. The van der Waals surface area contributed by atoms with Crippen LogP contribution in [0.5, 0.6) is 5.75 Å². The summed E-state index contributed by atoms with van der Waals surface area (Å²) in [6.07, 6.45) is 1.62. The van der Waals surface area contributed by atoms with E-state index in [9.17, 15) is 0 Å². The summed E-state index contributed by atoms with van der Waals surface area (Å²) in [5.41, 5.74) is 0. The molecule has 70 valence electrons. The maximum atomic E-state index is 9.14. The van der Waals surface area contributed by atoms with Gasteiger partial charge in [-0.05, 0) is 12.1 Å². The van der Waals surface area contributed by atoms with Gasteiger partial charge >= 0.3 is 0 Å². The molecule has 0 aliphatic rings. The number of hydrogen-bond donors (Lipinski definition) is 1. The lowest BCUT2D eigenvalue weighted by Gasteiger charge is -2.07. The average molecular weight is 178 g/mol. The first kappa shape index (κ1) is 9.81. The molecule has 0 aromatic heterocycles. The largest absolute Gasteiger partial charge is 0.493 e. The summed E-state index contributed by atoms with van der Waals surface area (Å²) in [6, 6.07) is 9.55. The first-order valence-corrected chi connectivity index (χ1v) is 4.31. The van der Waals surface area contributed by atoms with Crippen molar-refractivity contribution >= 4 is 0 Å². The standard InChI is InChI=1S/C11H14O2/c1-2-10(12)8-9-13-11-6-4-3-5-7-11/h2-7,10,12H,1,8-9H2. The van der Waals surface area contributed by atoms with Gasteiger partial charge < -0.3 is 9.84 Å². The van der Waals surface area contributed by atoms with Gasteiger partial charge in [0, 0.05) is 6.42 Å². The second kappa shape index (κ2) is 5.38. The van der Waals surface area contributed by atoms with Crippen LogP contribution in [0.15, 0.2) is 43.0 Å². The molecule has 0 heterocycles. The van der Waals surface area contributed by atoms with Crippen LogP contribution in [0.1, 0.15) is 6.42 Å². The summed E-state index contributed by atoms with van der Waals surface area (Å²) >= 11 is 0. The first-order chi connectivity index (χ1) is 6.33. The van der Waals surface area contributed by atoms with Crippen molar-refractivity contribution in [2.45, 2.75) is 12.5 Å². The zero-order chi connectivity index (χ0) is 9.52. The fourth-order valence-corrected chi connectivity index (χ4v) is 0.932. The van der Waals surface area contributed by atoms with Gasteiger partial charge in [0.15, 0.2) is 0 Å². The van der Waals surface area contributed by atoms with Gasteiger partial charge in [-0.25, -0.2) is 0 Å². The van der Waals surface area contributed by atoms with E-state index in [-0.39, 0.29) is 0 Å². The van der Waals surface area contributed by atoms with E-state index in [1.54, 1.807) is 0 Å². The molecule has 0 spiro atoms. The molecule has 13 heavy (non-hydrogen) atoms. The van der Waals surface area contributed by atoms with E-state index in [4.69, 9.17) is 9.84 Å². The maximum Gasteiger partial charge on any atom is 0.119 e. The second-order valence-corrected chi connectivity index (χ2v) is 2.75. The smallest absolute Gasteiger partial charge is 0.119 e. The van der Waals surface area contributed by atoms with Crippen molar-refractivity contribution in [3.63, 3.8) is 0 Å². The Balaban J connectivity index is 2.24. The molecule has 0 saturated heterocycles. The highest BCUT2D eigenvalue weighted by Gasteiger charge is 1.97. The Morgan fingerprint density at radius 1 is 1.38 bits per heavy atom. The lowest BCUT2D eigenvalue weighted by Crippen LogP contribution is -2.08. The molecular weight excluding hydrogens is 164 g/mol. The molecule has 1 atom stereocenters. The SMILES string of the molecule is C=CC(O)CCOc1ccccc1. The van der Waals surface area contributed by atoms with Crippen molar-refractivity contribution in [2.24, 2.45) is 0 Å². The summed E-state index contributed by atoms with van der Waals surface area (Å²) in [5.74, 6) is 0.832. The summed E-state index contributed by atoms with van der Waals surface area (Å²) in [7, 11) is 0. The van der Waals surface area contributed by atoms with Gasteiger partial charge in [0.1, 0.15) is 5.75 Å². The van der Waals surface area contributed by atoms with Crippen LogP contribution in [0.2, 0.25) is 0 Å². The van der Waals surface area contributed by atoms with Gasteiger partial charge in [-0.1, -0.05) is 24.3 Å². The molecule has 0 saturated carbocycles. The van der Waals surface area contributed by atoms with E-state index in [0.29, 0.717) is 13.0 Å². The van der Waals surface area contributed by atoms with Crippen LogP contribution in [-0.4, -0.2) is 17.8 Å². The summed E-state index contributed by atoms with van der Waals surface area (Å²) in [5, 5.41) is 9.14. The van der Waals surface area contributed by atoms with Gasteiger partial charge in [-0.2, -0.15) is 0 Å². The molecule has 1 rings (SSSR count). The molecule has 2 nitrogen and oxygen atoms in total. The van der Waals surface area contributed by atoms with E-state index < -0.39 is 6.10 Å². The Kier molecular flexibility index (Phi) is 4.06. The van der Waals surface area contributed by atoms with Crippen LogP contribution >= 0.6 is 0 Å². The zero-order valence-corrected chi connectivity index (χ0v) is 7.52. The summed E-state index contributed by atoms with van der Waals surface area (Å²) in [4.78, 5) is 0. The predicted octanol–water partition coefficient (Wildman–Crippen LogP) is 2.00. The zero-order valence-electron chi connectivity index (χ0n) is 7.52. The van der Waals surface area contributed by atoms with Crippen LogP contribution in [0.4, 0.5) is 0 Å². The summed E-state index contributed by atoms with van der Waals surface area (Å²) in [6.45, 7) is 3.99. The third kappa shape index (κ3) is 3.76. The topological polar surface area (TPSA) is 29.5 Å². The molecule has 1 N–H and O–H groups in total. The molecule has 2 heteroatoms. The van der Waals surface area contributed by atoms with Crippen molar-refractivity contribution in [1.29, 1.82) is 0 Å². The Bertz CT molecular complexity index is 244. The molecule has 0 fully saturated rings. The molecule has 0 aliphatic carbocycles. The van der Waals surface area contributed by atoms with Crippen molar-refractivity contribution in [3.05, 3.63) is 43.0 Å². The highest BCUT2D eigenvalue weighted by atomic mass is 16.5. The quantitative estimate of drug-likeness (QED) is 0.699.